The predicted octanol–water partition coefficient (Wildman–Crippen LogP) is 0.934. The summed E-state index contributed by atoms with van der Waals surface area (Å²) in [5, 5.41) is 0.491. The molecule has 0 bridgehead atoms. The number of esters is 1. The minimum atomic E-state index is -3.81. The SMILES string of the molecule is CCOC(=O)CN(C)S(=O)(=O)c1c[nH]c2ccc(N)cc12. The number of anilines is 1. The fraction of sp³-hybridized carbons (Fsp3) is 0.308. The van der Waals surface area contributed by atoms with Crippen molar-refractivity contribution < 1.29 is 17.9 Å². The van der Waals surface area contributed by atoms with Gasteiger partial charge < -0.3 is 15.5 Å². The molecule has 1 heterocycles. The molecular weight excluding hydrogens is 294 g/mol. The van der Waals surface area contributed by atoms with Crippen molar-refractivity contribution in [2.75, 3.05) is 25.9 Å². The van der Waals surface area contributed by atoms with Crippen molar-refractivity contribution in [2.24, 2.45) is 0 Å². The molecule has 0 aliphatic carbocycles. The fourth-order valence-electron chi connectivity index (χ4n) is 1.97. The number of carbonyl (C=O) groups is 1. The van der Waals surface area contributed by atoms with Gasteiger partial charge in [0.2, 0.25) is 10.0 Å². The minimum absolute atomic E-state index is 0.0802. The van der Waals surface area contributed by atoms with Gasteiger partial charge in [0.1, 0.15) is 11.4 Å². The third-order valence-corrected chi connectivity index (χ3v) is 4.86. The van der Waals surface area contributed by atoms with E-state index in [-0.39, 0.29) is 18.0 Å². The Bertz CT molecular complexity index is 767. The highest BCUT2D eigenvalue weighted by Crippen LogP contribution is 2.26. The summed E-state index contributed by atoms with van der Waals surface area (Å²) in [6.07, 6.45) is 1.39. The molecule has 0 saturated heterocycles. The van der Waals surface area contributed by atoms with Crippen molar-refractivity contribution in [1.82, 2.24) is 9.29 Å². The van der Waals surface area contributed by atoms with Crippen LogP contribution in [0.15, 0.2) is 29.3 Å². The normalized spacial score (nSPS) is 12.0. The van der Waals surface area contributed by atoms with Crippen LogP contribution in [0.25, 0.3) is 10.9 Å². The second kappa shape index (κ2) is 5.74. The first-order valence-corrected chi connectivity index (χ1v) is 7.79. The van der Waals surface area contributed by atoms with Gasteiger partial charge in [-0.05, 0) is 25.1 Å². The van der Waals surface area contributed by atoms with Crippen LogP contribution in [0.5, 0.6) is 0 Å². The quantitative estimate of drug-likeness (QED) is 0.631. The van der Waals surface area contributed by atoms with Gasteiger partial charge in [0.05, 0.1) is 6.61 Å². The third-order valence-electron chi connectivity index (χ3n) is 3.01. The topological polar surface area (TPSA) is 105 Å². The van der Waals surface area contributed by atoms with Gasteiger partial charge in [0.25, 0.3) is 0 Å². The highest BCUT2D eigenvalue weighted by molar-refractivity contribution is 7.89. The fourth-order valence-corrected chi connectivity index (χ4v) is 3.23. The van der Waals surface area contributed by atoms with Crippen LogP contribution in [-0.2, 0) is 19.6 Å². The van der Waals surface area contributed by atoms with Crippen LogP contribution in [0.3, 0.4) is 0 Å². The average Bonchev–Trinajstić information content (AvgIpc) is 2.82. The van der Waals surface area contributed by atoms with E-state index >= 15 is 0 Å². The molecule has 0 fully saturated rings. The smallest absolute Gasteiger partial charge is 0.321 e. The highest BCUT2D eigenvalue weighted by atomic mass is 32.2. The van der Waals surface area contributed by atoms with Crippen molar-refractivity contribution >= 4 is 32.6 Å². The molecule has 3 N–H and O–H groups in total. The minimum Gasteiger partial charge on any atom is -0.465 e. The van der Waals surface area contributed by atoms with Gasteiger partial charge in [-0.25, -0.2) is 8.42 Å². The highest BCUT2D eigenvalue weighted by Gasteiger charge is 2.26. The molecule has 8 heteroatoms. The van der Waals surface area contributed by atoms with Gasteiger partial charge in [-0.3, -0.25) is 4.79 Å². The standard InChI is InChI=1S/C13H17N3O4S/c1-3-20-13(17)8-16(2)21(18,19)12-7-15-11-5-4-9(14)6-10(11)12/h4-7,15H,3,8,14H2,1-2H3. The first kappa shape index (κ1) is 15.3. The van der Waals surface area contributed by atoms with Crippen LogP contribution < -0.4 is 5.73 Å². The maximum Gasteiger partial charge on any atom is 0.321 e. The lowest BCUT2D eigenvalue weighted by Crippen LogP contribution is -2.33. The number of aromatic nitrogens is 1. The predicted molar refractivity (Wildman–Crippen MR) is 79.2 cm³/mol. The van der Waals surface area contributed by atoms with E-state index in [2.05, 4.69) is 4.98 Å². The lowest BCUT2D eigenvalue weighted by atomic mass is 10.2. The summed E-state index contributed by atoms with van der Waals surface area (Å²) >= 11 is 0. The summed E-state index contributed by atoms with van der Waals surface area (Å²) in [5.74, 6) is -0.595. The summed E-state index contributed by atoms with van der Waals surface area (Å²) in [6, 6.07) is 4.96. The number of likely N-dealkylation sites (N-methyl/N-ethyl adjacent to an activating group) is 1. The molecule has 7 nitrogen and oxygen atoms in total. The van der Waals surface area contributed by atoms with Crippen molar-refractivity contribution in [3.8, 4) is 0 Å². The zero-order valence-electron chi connectivity index (χ0n) is 11.8. The number of nitrogen functional groups attached to an aromatic ring is 1. The first-order valence-electron chi connectivity index (χ1n) is 6.35. The van der Waals surface area contributed by atoms with Crippen LogP contribution in [-0.4, -0.2) is 43.9 Å². The largest absolute Gasteiger partial charge is 0.465 e. The molecule has 1 aromatic heterocycles. The van der Waals surface area contributed by atoms with Gasteiger partial charge >= 0.3 is 5.97 Å². The molecule has 0 saturated carbocycles. The molecule has 2 aromatic rings. The van der Waals surface area contributed by atoms with Gasteiger partial charge in [-0.15, -0.1) is 0 Å². The zero-order chi connectivity index (χ0) is 15.6. The van der Waals surface area contributed by atoms with E-state index in [1.165, 1.54) is 13.2 Å². The van der Waals surface area contributed by atoms with Crippen molar-refractivity contribution in [1.29, 1.82) is 0 Å². The molecule has 0 atom stereocenters. The molecule has 0 radical (unpaired) electrons. The van der Waals surface area contributed by atoms with Gasteiger partial charge in [-0.1, -0.05) is 0 Å². The van der Waals surface area contributed by atoms with E-state index in [1.807, 2.05) is 0 Å². The summed E-state index contributed by atoms with van der Waals surface area (Å²) < 4.78 is 30.7. The van der Waals surface area contributed by atoms with Crippen LogP contribution in [0, 0.1) is 0 Å². The monoisotopic (exact) mass is 311 g/mol. The molecule has 114 valence electrons. The Kier molecular flexibility index (Phi) is 4.19. The summed E-state index contributed by atoms with van der Waals surface area (Å²) in [4.78, 5) is 14.4. The molecule has 0 aliphatic rings. The van der Waals surface area contributed by atoms with Crippen molar-refractivity contribution in [2.45, 2.75) is 11.8 Å². The number of ether oxygens (including phenoxy) is 1. The van der Waals surface area contributed by atoms with Crippen LogP contribution >= 0.6 is 0 Å². The summed E-state index contributed by atoms with van der Waals surface area (Å²) in [6.45, 7) is 1.52. The summed E-state index contributed by atoms with van der Waals surface area (Å²) in [7, 11) is -2.48. The van der Waals surface area contributed by atoms with Crippen LogP contribution in [0.4, 0.5) is 5.69 Å². The number of benzene rings is 1. The maximum atomic E-state index is 12.5. The molecule has 0 spiro atoms. The molecule has 21 heavy (non-hydrogen) atoms. The second-order valence-corrected chi connectivity index (χ2v) is 6.54. The number of fused-ring (bicyclic) bond motifs is 1. The van der Waals surface area contributed by atoms with Crippen molar-refractivity contribution in [3.63, 3.8) is 0 Å². The van der Waals surface area contributed by atoms with E-state index in [0.717, 1.165) is 4.31 Å². The Hall–Kier alpha value is -2.06. The Morgan fingerprint density at radius 2 is 2.14 bits per heavy atom. The molecule has 0 amide bonds. The van der Waals surface area contributed by atoms with Crippen molar-refractivity contribution in [3.05, 3.63) is 24.4 Å². The third kappa shape index (κ3) is 3.01. The summed E-state index contributed by atoms with van der Waals surface area (Å²) in [5.41, 5.74) is 6.82. The zero-order valence-corrected chi connectivity index (χ0v) is 12.6. The number of nitrogens with two attached hydrogens (primary N) is 1. The maximum absolute atomic E-state index is 12.5. The number of nitrogens with zero attached hydrogens (tertiary/aromatic N) is 1. The van der Waals surface area contributed by atoms with Crippen LogP contribution in [0.1, 0.15) is 6.92 Å². The number of hydrogen-bond acceptors (Lipinski definition) is 5. The second-order valence-electron chi connectivity index (χ2n) is 4.52. The number of aromatic amines is 1. The molecule has 0 aliphatic heterocycles. The Balaban J connectivity index is 2.37. The Morgan fingerprint density at radius 1 is 1.43 bits per heavy atom. The molecule has 2 rings (SSSR count). The first-order chi connectivity index (χ1) is 9.86. The van der Waals surface area contributed by atoms with E-state index in [9.17, 15) is 13.2 Å². The van der Waals surface area contributed by atoms with Gasteiger partial charge in [-0.2, -0.15) is 4.31 Å². The van der Waals surface area contributed by atoms with E-state index in [4.69, 9.17) is 10.5 Å². The van der Waals surface area contributed by atoms with Gasteiger partial charge in [0.15, 0.2) is 0 Å². The molecular formula is C13H17N3O4S. The van der Waals surface area contributed by atoms with Crippen LogP contribution in [0.2, 0.25) is 0 Å². The average molecular weight is 311 g/mol. The van der Waals surface area contributed by atoms with Gasteiger partial charge in [0, 0.05) is 29.8 Å². The lowest BCUT2D eigenvalue weighted by molar-refractivity contribution is -0.143. The molecule has 0 unspecified atom stereocenters. The number of carbonyl (C=O) groups excluding carboxylic acids is 1. The van der Waals surface area contributed by atoms with E-state index < -0.39 is 16.0 Å². The van der Waals surface area contributed by atoms with E-state index in [1.54, 1.807) is 25.1 Å². The number of H-pyrrole nitrogens is 1. The number of hydrogen-bond donors (Lipinski definition) is 2. The molecule has 1 aromatic carbocycles. The van der Waals surface area contributed by atoms with E-state index in [0.29, 0.717) is 16.6 Å². The number of nitrogens with one attached hydrogen (secondary N) is 1. The number of sulfonamides is 1. The number of rotatable bonds is 5. The lowest BCUT2D eigenvalue weighted by Gasteiger charge is -2.15. The Morgan fingerprint density at radius 3 is 2.81 bits per heavy atom. The Labute approximate surface area is 122 Å².